The Morgan fingerprint density at radius 1 is 1.22 bits per heavy atom. The fraction of sp³-hybridized carbons (Fsp3) is 0.0625. The molecule has 0 saturated carbocycles. The monoisotopic (exact) mass is 328 g/mol. The average Bonchev–Trinajstić information content (AvgIpc) is 3.02. The van der Waals surface area contributed by atoms with E-state index >= 15 is 0 Å². The lowest BCUT2D eigenvalue weighted by atomic mass is 10.2. The van der Waals surface area contributed by atoms with Gasteiger partial charge in [-0.3, -0.25) is 0 Å². The lowest BCUT2D eigenvalue weighted by Crippen LogP contribution is -2.06. The van der Waals surface area contributed by atoms with Crippen LogP contribution in [0.5, 0.6) is 5.88 Å². The summed E-state index contributed by atoms with van der Waals surface area (Å²) in [4.78, 5) is 4.15. The number of ether oxygens (including phenoxy) is 1. The number of aromatic nitrogens is 3. The highest BCUT2D eigenvalue weighted by Gasteiger charge is 2.10. The van der Waals surface area contributed by atoms with Gasteiger partial charge in [-0.15, -0.1) is 0 Å². The summed E-state index contributed by atoms with van der Waals surface area (Å²) in [7, 11) is 0. The molecule has 5 nitrogen and oxygen atoms in total. The van der Waals surface area contributed by atoms with Gasteiger partial charge in [-0.05, 0) is 18.2 Å². The van der Waals surface area contributed by atoms with E-state index in [1.807, 2.05) is 6.07 Å². The number of nitriles is 1. The van der Waals surface area contributed by atoms with E-state index in [0.29, 0.717) is 27.8 Å². The number of benzene rings is 1. The summed E-state index contributed by atoms with van der Waals surface area (Å²) in [5, 5.41) is 13.4. The van der Waals surface area contributed by atoms with E-state index in [9.17, 15) is 4.39 Å². The first-order valence-corrected chi connectivity index (χ1v) is 7.02. The van der Waals surface area contributed by atoms with E-state index in [1.165, 1.54) is 23.1 Å². The van der Waals surface area contributed by atoms with Crippen molar-refractivity contribution >= 4 is 11.6 Å². The van der Waals surface area contributed by atoms with E-state index < -0.39 is 5.82 Å². The topological polar surface area (TPSA) is 63.7 Å². The van der Waals surface area contributed by atoms with Crippen molar-refractivity contribution in [3.8, 4) is 17.8 Å². The molecule has 2 heterocycles. The molecule has 0 aliphatic rings. The number of hydrogen-bond acceptors (Lipinski definition) is 4. The van der Waals surface area contributed by atoms with Crippen LogP contribution in [0.3, 0.4) is 0 Å². The number of hydrogen-bond donors (Lipinski definition) is 0. The van der Waals surface area contributed by atoms with Gasteiger partial charge in [0.25, 0.3) is 0 Å². The SMILES string of the molecule is N#Cc1ccnc(-n2nccc2OCc2ccc(Cl)cc2F)c1. The Balaban J connectivity index is 1.82. The number of halogens is 2. The molecule has 0 unspecified atom stereocenters. The minimum atomic E-state index is -0.437. The van der Waals surface area contributed by atoms with Gasteiger partial charge in [-0.2, -0.15) is 15.0 Å². The summed E-state index contributed by atoms with van der Waals surface area (Å²) >= 11 is 5.72. The zero-order chi connectivity index (χ0) is 16.2. The number of pyridine rings is 1. The van der Waals surface area contributed by atoms with Gasteiger partial charge in [0.05, 0.1) is 17.8 Å². The highest BCUT2D eigenvalue weighted by molar-refractivity contribution is 6.30. The van der Waals surface area contributed by atoms with E-state index in [1.54, 1.807) is 30.3 Å². The van der Waals surface area contributed by atoms with Crippen LogP contribution in [0, 0.1) is 17.1 Å². The second-order valence-electron chi connectivity index (χ2n) is 4.62. The van der Waals surface area contributed by atoms with Gasteiger partial charge < -0.3 is 4.74 Å². The molecule has 7 heteroatoms. The summed E-state index contributed by atoms with van der Waals surface area (Å²) in [6.07, 6.45) is 3.05. The highest BCUT2D eigenvalue weighted by atomic mass is 35.5. The van der Waals surface area contributed by atoms with Crippen LogP contribution in [0.1, 0.15) is 11.1 Å². The van der Waals surface area contributed by atoms with Crippen molar-refractivity contribution in [1.29, 1.82) is 5.26 Å². The van der Waals surface area contributed by atoms with Gasteiger partial charge in [0.1, 0.15) is 12.4 Å². The smallest absolute Gasteiger partial charge is 0.218 e. The highest BCUT2D eigenvalue weighted by Crippen LogP contribution is 2.20. The molecule has 0 saturated heterocycles. The summed E-state index contributed by atoms with van der Waals surface area (Å²) in [5.74, 6) is 0.399. The predicted octanol–water partition coefficient (Wildman–Crippen LogP) is 3.51. The third-order valence-electron chi connectivity index (χ3n) is 3.09. The molecule has 0 bridgehead atoms. The van der Waals surface area contributed by atoms with Crippen molar-refractivity contribution in [1.82, 2.24) is 14.8 Å². The summed E-state index contributed by atoms with van der Waals surface area (Å²) in [6, 6.07) is 11.2. The molecule has 1 aromatic carbocycles. The van der Waals surface area contributed by atoms with Gasteiger partial charge in [0, 0.05) is 28.9 Å². The van der Waals surface area contributed by atoms with Crippen LogP contribution < -0.4 is 4.74 Å². The van der Waals surface area contributed by atoms with Gasteiger partial charge >= 0.3 is 0 Å². The first-order valence-electron chi connectivity index (χ1n) is 6.64. The molecule has 0 amide bonds. The van der Waals surface area contributed by atoms with Crippen molar-refractivity contribution in [2.45, 2.75) is 6.61 Å². The Labute approximate surface area is 136 Å². The van der Waals surface area contributed by atoms with E-state index in [0.717, 1.165) is 0 Å². The van der Waals surface area contributed by atoms with Gasteiger partial charge in [0.2, 0.25) is 5.88 Å². The lowest BCUT2D eigenvalue weighted by molar-refractivity contribution is 0.279. The average molecular weight is 329 g/mol. The molecule has 0 radical (unpaired) electrons. The molecule has 114 valence electrons. The van der Waals surface area contributed by atoms with Crippen LogP contribution >= 0.6 is 11.6 Å². The molecule has 0 atom stereocenters. The van der Waals surface area contributed by atoms with Crippen molar-refractivity contribution in [2.75, 3.05) is 0 Å². The van der Waals surface area contributed by atoms with Crippen LogP contribution in [0.4, 0.5) is 4.39 Å². The lowest BCUT2D eigenvalue weighted by Gasteiger charge is -2.09. The Morgan fingerprint density at radius 2 is 2.09 bits per heavy atom. The van der Waals surface area contributed by atoms with E-state index in [4.69, 9.17) is 21.6 Å². The number of rotatable bonds is 4. The second kappa shape index (κ2) is 6.46. The Bertz CT molecular complexity index is 888. The zero-order valence-corrected chi connectivity index (χ0v) is 12.5. The Morgan fingerprint density at radius 3 is 2.87 bits per heavy atom. The van der Waals surface area contributed by atoms with E-state index in [-0.39, 0.29) is 6.61 Å². The molecule has 0 aliphatic carbocycles. The fourth-order valence-corrected chi connectivity index (χ4v) is 2.13. The third kappa shape index (κ3) is 3.30. The normalized spacial score (nSPS) is 10.3. The molecule has 0 aliphatic heterocycles. The van der Waals surface area contributed by atoms with Gasteiger partial charge in [0.15, 0.2) is 5.82 Å². The summed E-state index contributed by atoms with van der Waals surface area (Å²) < 4.78 is 20.8. The molecule has 0 N–H and O–H groups in total. The van der Waals surface area contributed by atoms with Crippen molar-refractivity contribution in [3.05, 3.63) is 70.8 Å². The van der Waals surface area contributed by atoms with Crippen LogP contribution in [-0.4, -0.2) is 14.8 Å². The quantitative estimate of drug-likeness (QED) is 0.735. The zero-order valence-electron chi connectivity index (χ0n) is 11.8. The Kier molecular flexibility index (Phi) is 4.22. The largest absolute Gasteiger partial charge is 0.473 e. The maximum absolute atomic E-state index is 13.8. The molecule has 3 aromatic rings. The van der Waals surface area contributed by atoms with Crippen molar-refractivity contribution in [3.63, 3.8) is 0 Å². The molecule has 23 heavy (non-hydrogen) atoms. The summed E-state index contributed by atoms with van der Waals surface area (Å²) in [5.41, 5.74) is 0.834. The first kappa shape index (κ1) is 15.0. The van der Waals surface area contributed by atoms with E-state index in [2.05, 4.69) is 10.1 Å². The first-order chi connectivity index (χ1) is 11.2. The van der Waals surface area contributed by atoms with Crippen LogP contribution in [0.2, 0.25) is 5.02 Å². The minimum Gasteiger partial charge on any atom is -0.473 e. The fourth-order valence-electron chi connectivity index (χ4n) is 1.97. The maximum Gasteiger partial charge on any atom is 0.218 e. The molecule has 2 aromatic heterocycles. The molecular formula is C16H10ClFN4O. The Hall–Kier alpha value is -2.91. The molecule has 3 rings (SSSR count). The van der Waals surface area contributed by atoms with Gasteiger partial charge in [-0.25, -0.2) is 9.37 Å². The van der Waals surface area contributed by atoms with Crippen LogP contribution in [0.15, 0.2) is 48.8 Å². The number of nitrogens with zero attached hydrogens (tertiary/aromatic N) is 4. The summed E-state index contributed by atoms with van der Waals surface area (Å²) in [6.45, 7) is 0.0205. The second-order valence-corrected chi connectivity index (χ2v) is 5.06. The van der Waals surface area contributed by atoms with Crippen LogP contribution in [0.25, 0.3) is 5.82 Å². The maximum atomic E-state index is 13.8. The van der Waals surface area contributed by atoms with Crippen molar-refractivity contribution < 1.29 is 9.13 Å². The predicted molar refractivity (Wildman–Crippen MR) is 81.8 cm³/mol. The molecule has 0 spiro atoms. The standard InChI is InChI=1S/C16H10ClFN4O/c17-13-2-1-12(14(18)8-13)10-23-16-4-6-21-22(16)15-7-11(9-19)3-5-20-15/h1-8H,10H2. The molecular weight excluding hydrogens is 319 g/mol. The molecule has 0 fully saturated rings. The van der Waals surface area contributed by atoms with Gasteiger partial charge in [-0.1, -0.05) is 17.7 Å². The van der Waals surface area contributed by atoms with Crippen molar-refractivity contribution in [2.24, 2.45) is 0 Å². The van der Waals surface area contributed by atoms with Crippen LogP contribution in [-0.2, 0) is 6.61 Å². The third-order valence-corrected chi connectivity index (χ3v) is 3.33. The minimum absolute atomic E-state index is 0.0205.